The minimum atomic E-state index is -0.312. The second-order valence-corrected chi connectivity index (χ2v) is 8.50. The zero-order valence-electron chi connectivity index (χ0n) is 18.8. The maximum Gasteiger partial charge on any atom is 0.281 e. The molecule has 167 valence electrons. The van der Waals surface area contributed by atoms with Crippen LogP contribution in [0.3, 0.4) is 0 Å². The van der Waals surface area contributed by atoms with Gasteiger partial charge in [-0.3, -0.25) is 9.78 Å². The van der Waals surface area contributed by atoms with Gasteiger partial charge in [0, 0.05) is 30.7 Å². The van der Waals surface area contributed by atoms with E-state index in [9.17, 15) is 4.79 Å². The predicted octanol–water partition coefficient (Wildman–Crippen LogP) is 4.40. The number of piperidine rings is 1. The number of rotatable bonds is 5. The summed E-state index contributed by atoms with van der Waals surface area (Å²) in [6.07, 6.45) is 5.66. The van der Waals surface area contributed by atoms with E-state index >= 15 is 0 Å². The number of benzene rings is 1. The van der Waals surface area contributed by atoms with Crippen molar-refractivity contribution in [3.05, 3.63) is 71.6 Å². The molecule has 1 aromatic carbocycles. The van der Waals surface area contributed by atoms with E-state index in [0.717, 1.165) is 54.3 Å². The van der Waals surface area contributed by atoms with E-state index in [4.69, 9.17) is 9.72 Å². The molecular formula is C26H26N5O2. The lowest BCUT2D eigenvalue weighted by Crippen LogP contribution is -2.35. The van der Waals surface area contributed by atoms with Crippen LogP contribution in [-0.4, -0.2) is 47.0 Å². The van der Waals surface area contributed by atoms with Gasteiger partial charge >= 0.3 is 0 Å². The highest BCUT2D eigenvalue weighted by Crippen LogP contribution is 2.30. The fourth-order valence-electron chi connectivity index (χ4n) is 4.13. The largest absolute Gasteiger partial charge is 0.490 e. The van der Waals surface area contributed by atoms with Crippen LogP contribution in [0.25, 0.3) is 17.5 Å². The molecule has 7 heteroatoms. The summed E-state index contributed by atoms with van der Waals surface area (Å²) in [6.45, 7) is 4.06. The molecule has 33 heavy (non-hydrogen) atoms. The van der Waals surface area contributed by atoms with Crippen molar-refractivity contribution in [1.29, 1.82) is 0 Å². The molecule has 0 unspecified atom stereocenters. The second kappa shape index (κ2) is 9.03. The minimum Gasteiger partial charge on any atom is -0.490 e. The Bertz CT molecular complexity index is 1200. The molecule has 2 aliphatic heterocycles. The Morgan fingerprint density at radius 3 is 2.58 bits per heavy atom. The Balaban J connectivity index is 1.41. The fraction of sp³-hybridized carbons (Fsp3) is 0.269. The normalized spacial score (nSPS) is 16.2. The zero-order chi connectivity index (χ0) is 22.8. The van der Waals surface area contributed by atoms with Crippen molar-refractivity contribution in [1.82, 2.24) is 20.2 Å². The van der Waals surface area contributed by atoms with Gasteiger partial charge in [0.15, 0.2) is 0 Å². The van der Waals surface area contributed by atoms with Crippen molar-refractivity contribution in [2.75, 3.05) is 25.5 Å². The molecule has 2 aliphatic rings. The van der Waals surface area contributed by atoms with Crippen molar-refractivity contribution in [3.63, 3.8) is 0 Å². The molecule has 1 radical (unpaired) electrons. The van der Waals surface area contributed by atoms with E-state index in [1.807, 2.05) is 61.5 Å². The minimum absolute atomic E-state index is 0.248. The summed E-state index contributed by atoms with van der Waals surface area (Å²) in [5.41, 5.74) is 4.40. The van der Waals surface area contributed by atoms with Crippen LogP contribution in [0.2, 0.25) is 0 Å². The average molecular weight is 441 g/mol. The first kappa shape index (κ1) is 21.2. The molecule has 0 atom stereocenters. The number of aryl methyl sites for hydroxylation is 1. The van der Waals surface area contributed by atoms with Crippen molar-refractivity contribution in [3.8, 4) is 17.1 Å². The van der Waals surface area contributed by atoms with Crippen LogP contribution < -0.4 is 15.4 Å². The van der Waals surface area contributed by atoms with Crippen LogP contribution in [0.4, 0.5) is 11.5 Å². The molecule has 0 bridgehead atoms. The SMILES string of the molecule is Cc1cccc(-c2cc3c(c(Nc4ccc(OC5CCN(C)CC5)cc4)n2)C(=O)[N]C=C3)n1. The molecule has 3 aromatic rings. The Hall–Kier alpha value is -3.71. The van der Waals surface area contributed by atoms with Crippen molar-refractivity contribution in [2.45, 2.75) is 25.9 Å². The van der Waals surface area contributed by atoms with Gasteiger partial charge in [-0.1, -0.05) is 6.07 Å². The van der Waals surface area contributed by atoms with Gasteiger partial charge < -0.3 is 15.0 Å². The number of pyridine rings is 2. The molecule has 4 heterocycles. The third-order valence-corrected chi connectivity index (χ3v) is 5.95. The van der Waals surface area contributed by atoms with Crippen molar-refractivity contribution in [2.24, 2.45) is 0 Å². The molecule has 1 fully saturated rings. The Kier molecular flexibility index (Phi) is 5.79. The van der Waals surface area contributed by atoms with E-state index < -0.39 is 0 Å². The highest BCUT2D eigenvalue weighted by atomic mass is 16.5. The summed E-state index contributed by atoms with van der Waals surface area (Å²) in [5, 5.41) is 7.24. The lowest BCUT2D eigenvalue weighted by atomic mass is 10.0. The van der Waals surface area contributed by atoms with E-state index in [0.29, 0.717) is 17.1 Å². The summed E-state index contributed by atoms with van der Waals surface area (Å²) in [4.78, 5) is 24.2. The van der Waals surface area contributed by atoms with Gasteiger partial charge in [0.1, 0.15) is 17.7 Å². The van der Waals surface area contributed by atoms with Gasteiger partial charge in [-0.05, 0) is 80.9 Å². The highest BCUT2D eigenvalue weighted by molar-refractivity contribution is 6.05. The number of hydrogen-bond acceptors (Lipinski definition) is 6. The number of nitrogens with zero attached hydrogens (tertiary/aromatic N) is 4. The first-order chi connectivity index (χ1) is 16.0. The van der Waals surface area contributed by atoms with Crippen LogP contribution in [0.1, 0.15) is 34.5 Å². The molecule has 7 nitrogen and oxygen atoms in total. The summed E-state index contributed by atoms with van der Waals surface area (Å²) in [6, 6.07) is 15.5. The fourth-order valence-corrected chi connectivity index (χ4v) is 4.13. The number of amides is 1. The number of carbonyl (C=O) groups excluding carboxylic acids is 1. The molecular weight excluding hydrogens is 414 g/mol. The summed E-state index contributed by atoms with van der Waals surface area (Å²) >= 11 is 0. The predicted molar refractivity (Wildman–Crippen MR) is 129 cm³/mol. The number of fused-ring (bicyclic) bond motifs is 1. The Labute approximate surface area is 193 Å². The van der Waals surface area contributed by atoms with Crippen LogP contribution in [0.5, 0.6) is 5.75 Å². The first-order valence-electron chi connectivity index (χ1n) is 11.2. The molecule has 0 aliphatic carbocycles. The Morgan fingerprint density at radius 1 is 1.03 bits per heavy atom. The summed E-state index contributed by atoms with van der Waals surface area (Å²) in [7, 11) is 2.14. The van der Waals surface area contributed by atoms with Crippen LogP contribution in [-0.2, 0) is 0 Å². The van der Waals surface area contributed by atoms with E-state index in [-0.39, 0.29) is 12.0 Å². The van der Waals surface area contributed by atoms with Crippen LogP contribution in [0, 0.1) is 6.92 Å². The van der Waals surface area contributed by atoms with Gasteiger partial charge in [-0.15, -0.1) is 0 Å². The number of hydrogen-bond donors (Lipinski definition) is 1. The molecule has 1 N–H and O–H groups in total. The molecule has 1 amide bonds. The standard InChI is InChI=1S/C26H26N5O2/c1-17-4-3-5-22(28-17)23-16-18-10-13-27-26(32)24(18)25(30-23)29-19-6-8-20(9-7-19)33-21-11-14-31(2)15-12-21/h3-10,13,16,21H,11-12,14-15H2,1-2H3,(H,29,30). The summed E-state index contributed by atoms with van der Waals surface area (Å²) in [5.74, 6) is 0.998. The van der Waals surface area contributed by atoms with Crippen molar-refractivity contribution < 1.29 is 9.53 Å². The maximum absolute atomic E-state index is 12.6. The van der Waals surface area contributed by atoms with Crippen molar-refractivity contribution >= 4 is 23.5 Å². The number of anilines is 2. The average Bonchev–Trinajstić information content (AvgIpc) is 2.82. The van der Waals surface area contributed by atoms with Gasteiger partial charge in [-0.2, -0.15) is 0 Å². The number of aromatic nitrogens is 2. The lowest BCUT2D eigenvalue weighted by Gasteiger charge is -2.29. The van der Waals surface area contributed by atoms with Gasteiger partial charge in [-0.25, -0.2) is 10.3 Å². The smallest absolute Gasteiger partial charge is 0.281 e. The summed E-state index contributed by atoms with van der Waals surface area (Å²) < 4.78 is 6.15. The molecule has 0 spiro atoms. The maximum atomic E-state index is 12.6. The number of ether oxygens (including phenoxy) is 1. The monoisotopic (exact) mass is 440 g/mol. The molecule has 0 saturated carbocycles. The number of likely N-dealkylation sites (tertiary alicyclic amines) is 1. The van der Waals surface area contributed by atoms with E-state index in [2.05, 4.69) is 27.6 Å². The topological polar surface area (TPSA) is 81.5 Å². The van der Waals surface area contributed by atoms with Gasteiger partial charge in [0.25, 0.3) is 5.91 Å². The Morgan fingerprint density at radius 2 is 1.82 bits per heavy atom. The van der Waals surface area contributed by atoms with Crippen LogP contribution in [0.15, 0.2) is 54.7 Å². The van der Waals surface area contributed by atoms with Crippen LogP contribution >= 0.6 is 0 Å². The lowest BCUT2D eigenvalue weighted by molar-refractivity contribution is 0.0965. The van der Waals surface area contributed by atoms with E-state index in [1.54, 1.807) is 0 Å². The third kappa shape index (κ3) is 4.73. The highest BCUT2D eigenvalue weighted by Gasteiger charge is 2.23. The molecule has 2 aromatic heterocycles. The molecule has 1 saturated heterocycles. The third-order valence-electron chi connectivity index (χ3n) is 5.95. The first-order valence-corrected chi connectivity index (χ1v) is 11.2. The second-order valence-electron chi connectivity index (χ2n) is 8.50. The van der Waals surface area contributed by atoms with Gasteiger partial charge in [0.05, 0.1) is 17.0 Å². The quantitative estimate of drug-likeness (QED) is 0.633. The number of nitrogens with one attached hydrogen (secondary N) is 1. The van der Waals surface area contributed by atoms with E-state index in [1.165, 1.54) is 6.20 Å². The molecule has 5 rings (SSSR count). The zero-order valence-corrected chi connectivity index (χ0v) is 18.8. The van der Waals surface area contributed by atoms with Gasteiger partial charge in [0.2, 0.25) is 0 Å². The number of carbonyl (C=O) groups is 1.